The Bertz CT molecular complexity index is 457. The van der Waals surface area contributed by atoms with E-state index in [1.807, 2.05) is 0 Å². The van der Waals surface area contributed by atoms with Gasteiger partial charge in [0.1, 0.15) is 0 Å². The van der Waals surface area contributed by atoms with Crippen LogP contribution in [-0.4, -0.2) is 24.7 Å². The summed E-state index contributed by atoms with van der Waals surface area (Å²) in [6.07, 6.45) is 6.71. The van der Waals surface area contributed by atoms with Crippen LogP contribution in [0.25, 0.3) is 0 Å². The number of piperazine rings is 1. The van der Waals surface area contributed by atoms with Crippen LogP contribution in [0.2, 0.25) is 0 Å². The predicted octanol–water partition coefficient (Wildman–Crippen LogP) is 4.31. The minimum atomic E-state index is 0.391. The van der Waals surface area contributed by atoms with Crippen molar-refractivity contribution >= 4 is 5.69 Å². The molecule has 1 heterocycles. The molecule has 1 aromatic rings. The second kappa shape index (κ2) is 6.00. The van der Waals surface area contributed by atoms with Gasteiger partial charge in [0.05, 0.1) is 0 Å². The van der Waals surface area contributed by atoms with Gasteiger partial charge in [-0.15, -0.1) is 0 Å². The van der Waals surface area contributed by atoms with E-state index in [9.17, 15) is 0 Å². The molecule has 21 heavy (non-hydrogen) atoms. The molecule has 0 radical (unpaired) electrons. The Balaban J connectivity index is 1.82. The van der Waals surface area contributed by atoms with Crippen molar-refractivity contribution in [1.29, 1.82) is 0 Å². The van der Waals surface area contributed by atoms with Gasteiger partial charge < -0.3 is 10.2 Å². The summed E-state index contributed by atoms with van der Waals surface area (Å²) in [4.78, 5) is 2.67. The molecule has 3 rings (SSSR count). The van der Waals surface area contributed by atoms with Crippen LogP contribution >= 0.6 is 0 Å². The standard InChI is InChI=1S/C19H30N2/c1-4-17-13-20-19(11-5-6-12-19)14-21(17)18-9-7-16(8-10-18)15(2)3/h7-10,15,17,20H,4-6,11-14H2,1-3H3. The maximum Gasteiger partial charge on any atom is 0.0412 e. The largest absolute Gasteiger partial charge is 0.365 e. The van der Waals surface area contributed by atoms with Gasteiger partial charge in [-0.3, -0.25) is 0 Å². The van der Waals surface area contributed by atoms with Crippen molar-refractivity contribution in [2.45, 2.75) is 70.4 Å². The van der Waals surface area contributed by atoms with Crippen molar-refractivity contribution in [3.63, 3.8) is 0 Å². The summed E-state index contributed by atoms with van der Waals surface area (Å²) in [5.74, 6) is 0.616. The minimum absolute atomic E-state index is 0.391. The first kappa shape index (κ1) is 14.9. The molecule has 1 saturated carbocycles. The Morgan fingerprint density at radius 1 is 1.19 bits per heavy atom. The third kappa shape index (κ3) is 2.96. The van der Waals surface area contributed by atoms with Gasteiger partial charge in [-0.2, -0.15) is 0 Å². The smallest absolute Gasteiger partial charge is 0.0412 e. The van der Waals surface area contributed by atoms with Gasteiger partial charge in [-0.05, 0) is 42.9 Å². The highest BCUT2D eigenvalue weighted by atomic mass is 15.3. The number of nitrogens with one attached hydrogen (secondary N) is 1. The van der Waals surface area contributed by atoms with Crippen LogP contribution in [0.1, 0.15) is 64.4 Å². The quantitative estimate of drug-likeness (QED) is 0.890. The van der Waals surface area contributed by atoms with Gasteiger partial charge in [-0.25, -0.2) is 0 Å². The Morgan fingerprint density at radius 2 is 1.86 bits per heavy atom. The molecule has 2 fully saturated rings. The first-order valence-corrected chi connectivity index (χ1v) is 8.75. The molecule has 1 aromatic carbocycles. The van der Waals surface area contributed by atoms with Crippen molar-refractivity contribution in [1.82, 2.24) is 5.32 Å². The lowest BCUT2D eigenvalue weighted by Gasteiger charge is -2.47. The van der Waals surface area contributed by atoms with Gasteiger partial charge in [0, 0.05) is 30.4 Å². The molecule has 2 aliphatic rings. The van der Waals surface area contributed by atoms with Gasteiger partial charge in [-0.1, -0.05) is 45.7 Å². The molecular formula is C19H30N2. The average molecular weight is 286 g/mol. The second-order valence-corrected chi connectivity index (χ2v) is 7.30. The van der Waals surface area contributed by atoms with E-state index in [0.29, 0.717) is 17.5 Å². The maximum absolute atomic E-state index is 3.88. The summed E-state index contributed by atoms with van der Waals surface area (Å²) in [5, 5.41) is 3.88. The Kier molecular flexibility index (Phi) is 4.26. The number of rotatable bonds is 3. The van der Waals surface area contributed by atoms with Gasteiger partial charge in [0.2, 0.25) is 0 Å². The lowest BCUT2D eigenvalue weighted by Crippen LogP contribution is -2.63. The zero-order valence-electron chi connectivity index (χ0n) is 13.9. The Hall–Kier alpha value is -1.02. The van der Waals surface area contributed by atoms with E-state index >= 15 is 0 Å². The molecule has 0 bridgehead atoms. The third-order valence-corrected chi connectivity index (χ3v) is 5.55. The lowest BCUT2D eigenvalue weighted by molar-refractivity contribution is 0.267. The fourth-order valence-electron chi connectivity index (χ4n) is 4.06. The first-order valence-electron chi connectivity index (χ1n) is 8.75. The van der Waals surface area contributed by atoms with Crippen LogP contribution in [0, 0.1) is 0 Å². The fraction of sp³-hybridized carbons (Fsp3) is 0.684. The van der Waals surface area contributed by atoms with E-state index in [1.54, 1.807) is 0 Å². The van der Waals surface area contributed by atoms with Crippen LogP contribution in [-0.2, 0) is 0 Å². The number of hydrogen-bond donors (Lipinski definition) is 1. The monoisotopic (exact) mass is 286 g/mol. The van der Waals surface area contributed by atoms with Crippen molar-refractivity contribution in [3.8, 4) is 0 Å². The molecule has 1 unspecified atom stereocenters. The summed E-state index contributed by atoms with van der Waals surface area (Å²) in [5.41, 5.74) is 3.25. The van der Waals surface area contributed by atoms with Crippen LogP contribution in [0.3, 0.4) is 0 Å². The molecular weight excluding hydrogens is 256 g/mol. The highest BCUT2D eigenvalue weighted by Gasteiger charge is 2.40. The van der Waals surface area contributed by atoms with Gasteiger partial charge >= 0.3 is 0 Å². The molecule has 2 heteroatoms. The summed E-state index contributed by atoms with van der Waals surface area (Å²) in [6.45, 7) is 9.17. The highest BCUT2D eigenvalue weighted by Crippen LogP contribution is 2.35. The van der Waals surface area contributed by atoms with Crippen LogP contribution in [0.5, 0.6) is 0 Å². The molecule has 1 N–H and O–H groups in total. The minimum Gasteiger partial charge on any atom is -0.365 e. The van der Waals surface area contributed by atoms with Crippen molar-refractivity contribution in [2.75, 3.05) is 18.0 Å². The van der Waals surface area contributed by atoms with Crippen molar-refractivity contribution < 1.29 is 0 Å². The van der Waals surface area contributed by atoms with E-state index in [2.05, 4.69) is 55.3 Å². The number of benzene rings is 1. The summed E-state index contributed by atoms with van der Waals surface area (Å²) >= 11 is 0. The second-order valence-electron chi connectivity index (χ2n) is 7.30. The summed E-state index contributed by atoms with van der Waals surface area (Å²) in [6, 6.07) is 9.95. The number of nitrogens with zero attached hydrogens (tertiary/aromatic N) is 1. The van der Waals surface area contributed by atoms with E-state index in [-0.39, 0.29) is 0 Å². The van der Waals surface area contributed by atoms with E-state index in [4.69, 9.17) is 0 Å². The summed E-state index contributed by atoms with van der Waals surface area (Å²) in [7, 11) is 0. The molecule has 1 spiro atoms. The molecule has 1 aliphatic carbocycles. The molecule has 1 saturated heterocycles. The van der Waals surface area contributed by atoms with Crippen molar-refractivity contribution in [2.24, 2.45) is 0 Å². The van der Waals surface area contributed by atoms with Crippen LogP contribution in [0.15, 0.2) is 24.3 Å². The molecule has 116 valence electrons. The highest BCUT2D eigenvalue weighted by molar-refractivity contribution is 5.50. The fourth-order valence-corrected chi connectivity index (χ4v) is 4.06. The van der Waals surface area contributed by atoms with E-state index < -0.39 is 0 Å². The third-order valence-electron chi connectivity index (χ3n) is 5.55. The normalized spacial score (nSPS) is 25.0. The average Bonchev–Trinajstić information content (AvgIpc) is 2.95. The van der Waals surface area contributed by atoms with E-state index in [1.165, 1.54) is 49.9 Å². The maximum atomic E-state index is 3.88. The first-order chi connectivity index (χ1) is 10.1. The SMILES string of the molecule is CCC1CNC2(CCCC2)CN1c1ccc(C(C)C)cc1. The van der Waals surface area contributed by atoms with Crippen molar-refractivity contribution in [3.05, 3.63) is 29.8 Å². The number of anilines is 1. The topological polar surface area (TPSA) is 15.3 Å². The van der Waals surface area contributed by atoms with Gasteiger partial charge in [0.15, 0.2) is 0 Å². The van der Waals surface area contributed by atoms with Gasteiger partial charge in [0.25, 0.3) is 0 Å². The number of hydrogen-bond acceptors (Lipinski definition) is 2. The predicted molar refractivity (Wildman–Crippen MR) is 91.2 cm³/mol. The van der Waals surface area contributed by atoms with Crippen LogP contribution in [0.4, 0.5) is 5.69 Å². The lowest BCUT2D eigenvalue weighted by atomic mass is 9.91. The summed E-state index contributed by atoms with van der Waals surface area (Å²) < 4.78 is 0. The molecule has 0 aromatic heterocycles. The Labute approximate surface area is 129 Å². The van der Waals surface area contributed by atoms with E-state index in [0.717, 1.165) is 6.54 Å². The zero-order chi connectivity index (χ0) is 14.9. The molecule has 2 nitrogen and oxygen atoms in total. The molecule has 0 amide bonds. The molecule has 1 aliphatic heterocycles. The zero-order valence-corrected chi connectivity index (χ0v) is 13.9. The van der Waals surface area contributed by atoms with Crippen LogP contribution < -0.4 is 10.2 Å². The molecule has 1 atom stereocenters. The Morgan fingerprint density at radius 3 is 2.43 bits per heavy atom.